The Balaban J connectivity index is 1.68. The van der Waals surface area contributed by atoms with Crippen LogP contribution >= 0.6 is 0 Å². The molecule has 0 spiro atoms. The molecule has 3 saturated heterocycles. The van der Waals surface area contributed by atoms with Crippen molar-refractivity contribution >= 4 is 5.97 Å². The molecule has 0 amide bonds. The van der Waals surface area contributed by atoms with Crippen LogP contribution in [0.15, 0.2) is 0 Å². The van der Waals surface area contributed by atoms with Crippen molar-refractivity contribution in [3.05, 3.63) is 0 Å². The third-order valence-corrected chi connectivity index (χ3v) is 6.23. The number of hydrogen-bond donors (Lipinski definition) is 4. The molecule has 0 saturated carbocycles. The SMILES string of the molecule is CC1CCNC(C2CC(C(=O)O)CC(C3CC(C)CCN3)N2)C1. The number of carboxylic acids is 1. The number of hydrogen-bond acceptors (Lipinski definition) is 4. The van der Waals surface area contributed by atoms with E-state index < -0.39 is 5.97 Å². The predicted molar refractivity (Wildman–Crippen MR) is 91.4 cm³/mol. The molecule has 3 rings (SSSR count). The van der Waals surface area contributed by atoms with E-state index in [4.69, 9.17) is 0 Å². The molecule has 132 valence electrons. The maximum absolute atomic E-state index is 11.7. The summed E-state index contributed by atoms with van der Waals surface area (Å²) in [5, 5.41) is 20.7. The highest BCUT2D eigenvalue weighted by molar-refractivity contribution is 5.70. The van der Waals surface area contributed by atoms with E-state index in [9.17, 15) is 9.90 Å². The Morgan fingerprint density at radius 3 is 1.70 bits per heavy atom. The van der Waals surface area contributed by atoms with E-state index in [1.54, 1.807) is 0 Å². The van der Waals surface area contributed by atoms with Crippen LogP contribution in [0.4, 0.5) is 0 Å². The molecule has 5 nitrogen and oxygen atoms in total. The summed E-state index contributed by atoms with van der Waals surface area (Å²) >= 11 is 0. The Labute approximate surface area is 140 Å². The van der Waals surface area contributed by atoms with Gasteiger partial charge in [0.05, 0.1) is 5.92 Å². The summed E-state index contributed by atoms with van der Waals surface area (Å²) in [6.07, 6.45) is 6.31. The van der Waals surface area contributed by atoms with Gasteiger partial charge in [0, 0.05) is 24.2 Å². The van der Waals surface area contributed by atoms with Gasteiger partial charge in [0.25, 0.3) is 0 Å². The summed E-state index contributed by atoms with van der Waals surface area (Å²) in [6.45, 7) is 6.75. The third-order valence-electron chi connectivity index (χ3n) is 6.23. The Bertz CT molecular complexity index is 387. The topological polar surface area (TPSA) is 73.4 Å². The molecule has 4 N–H and O–H groups in total. The standard InChI is InChI=1S/C18H33N3O2/c1-11-3-5-19-14(7-11)16-9-13(18(22)23)10-17(21-16)15-8-12(2)4-6-20-15/h11-17,19-21H,3-10H2,1-2H3,(H,22,23). The smallest absolute Gasteiger partial charge is 0.306 e. The summed E-state index contributed by atoms with van der Waals surface area (Å²) in [7, 11) is 0. The second kappa shape index (κ2) is 7.49. The van der Waals surface area contributed by atoms with Crippen molar-refractivity contribution in [3.8, 4) is 0 Å². The lowest BCUT2D eigenvalue weighted by atomic mass is 9.77. The minimum absolute atomic E-state index is 0.204. The molecule has 3 aliphatic heterocycles. The molecule has 23 heavy (non-hydrogen) atoms. The van der Waals surface area contributed by atoms with Gasteiger partial charge in [-0.15, -0.1) is 0 Å². The summed E-state index contributed by atoms with van der Waals surface area (Å²) in [6, 6.07) is 1.42. The van der Waals surface area contributed by atoms with Gasteiger partial charge in [-0.05, 0) is 63.5 Å². The summed E-state index contributed by atoms with van der Waals surface area (Å²) in [4.78, 5) is 11.7. The monoisotopic (exact) mass is 323 g/mol. The molecule has 0 bridgehead atoms. The number of carboxylic acid groups (broad SMARTS) is 1. The average molecular weight is 323 g/mol. The molecule has 6 atom stereocenters. The first-order chi connectivity index (χ1) is 11.0. The number of piperidine rings is 3. The van der Waals surface area contributed by atoms with Gasteiger partial charge in [-0.2, -0.15) is 0 Å². The zero-order valence-corrected chi connectivity index (χ0v) is 14.6. The Morgan fingerprint density at radius 2 is 1.30 bits per heavy atom. The van der Waals surface area contributed by atoms with Crippen LogP contribution in [0.2, 0.25) is 0 Å². The molecule has 0 radical (unpaired) electrons. The van der Waals surface area contributed by atoms with Gasteiger partial charge in [0.1, 0.15) is 0 Å². The van der Waals surface area contributed by atoms with Gasteiger partial charge in [-0.3, -0.25) is 4.79 Å². The molecule has 3 heterocycles. The van der Waals surface area contributed by atoms with Crippen molar-refractivity contribution in [1.29, 1.82) is 0 Å². The van der Waals surface area contributed by atoms with E-state index in [0.717, 1.165) is 50.6 Å². The lowest BCUT2D eigenvalue weighted by Gasteiger charge is -2.45. The van der Waals surface area contributed by atoms with E-state index in [1.165, 1.54) is 12.8 Å². The van der Waals surface area contributed by atoms with Crippen LogP contribution in [0.1, 0.15) is 52.4 Å². The van der Waals surface area contributed by atoms with Gasteiger partial charge in [0.15, 0.2) is 0 Å². The highest BCUT2D eigenvalue weighted by Crippen LogP contribution is 2.30. The highest BCUT2D eigenvalue weighted by Gasteiger charge is 2.40. The van der Waals surface area contributed by atoms with E-state index >= 15 is 0 Å². The average Bonchev–Trinajstić information content (AvgIpc) is 2.54. The van der Waals surface area contributed by atoms with Crippen molar-refractivity contribution in [2.45, 2.75) is 76.5 Å². The summed E-state index contributed by atoms with van der Waals surface area (Å²) < 4.78 is 0. The molecule has 0 aliphatic carbocycles. The van der Waals surface area contributed by atoms with Gasteiger partial charge >= 0.3 is 5.97 Å². The largest absolute Gasteiger partial charge is 0.481 e. The molecule has 5 heteroatoms. The van der Waals surface area contributed by atoms with Crippen LogP contribution < -0.4 is 16.0 Å². The number of carbonyl (C=O) groups is 1. The lowest BCUT2D eigenvalue weighted by molar-refractivity contribution is -0.143. The molecule has 0 aromatic carbocycles. The Kier molecular flexibility index (Phi) is 5.60. The normalized spacial score (nSPS) is 45.6. The lowest BCUT2D eigenvalue weighted by Crippen LogP contribution is -2.63. The number of aliphatic carboxylic acids is 1. The second-order valence-electron chi connectivity index (χ2n) is 8.27. The van der Waals surface area contributed by atoms with E-state index in [2.05, 4.69) is 29.8 Å². The van der Waals surface area contributed by atoms with Crippen molar-refractivity contribution in [1.82, 2.24) is 16.0 Å². The zero-order chi connectivity index (χ0) is 16.4. The summed E-state index contributed by atoms with van der Waals surface area (Å²) in [5.74, 6) is 0.651. The molecule has 3 aliphatic rings. The van der Waals surface area contributed by atoms with Crippen LogP contribution in [-0.4, -0.2) is 48.3 Å². The number of nitrogens with one attached hydrogen (secondary N) is 3. The fourth-order valence-electron chi connectivity index (χ4n) is 4.80. The van der Waals surface area contributed by atoms with E-state index in [-0.39, 0.29) is 18.0 Å². The van der Waals surface area contributed by atoms with Crippen molar-refractivity contribution in [2.24, 2.45) is 17.8 Å². The van der Waals surface area contributed by atoms with Crippen LogP contribution in [0, 0.1) is 17.8 Å². The van der Waals surface area contributed by atoms with E-state index in [0.29, 0.717) is 12.1 Å². The van der Waals surface area contributed by atoms with Crippen LogP contribution in [0.5, 0.6) is 0 Å². The van der Waals surface area contributed by atoms with Crippen molar-refractivity contribution in [2.75, 3.05) is 13.1 Å². The molecule has 6 unspecified atom stereocenters. The van der Waals surface area contributed by atoms with Gasteiger partial charge in [-0.1, -0.05) is 13.8 Å². The Hall–Kier alpha value is -0.650. The third kappa shape index (κ3) is 4.25. The first kappa shape index (κ1) is 17.2. The molecule has 0 aromatic rings. The van der Waals surface area contributed by atoms with Crippen LogP contribution in [0.3, 0.4) is 0 Å². The predicted octanol–water partition coefficient (Wildman–Crippen LogP) is 1.58. The van der Waals surface area contributed by atoms with Crippen molar-refractivity contribution < 1.29 is 9.90 Å². The molecular weight excluding hydrogens is 290 g/mol. The molecule has 3 fully saturated rings. The quantitative estimate of drug-likeness (QED) is 0.635. The maximum atomic E-state index is 11.7. The fourth-order valence-corrected chi connectivity index (χ4v) is 4.80. The molecular formula is C18H33N3O2. The highest BCUT2D eigenvalue weighted by atomic mass is 16.4. The molecule has 0 aromatic heterocycles. The zero-order valence-electron chi connectivity index (χ0n) is 14.6. The number of rotatable bonds is 3. The second-order valence-corrected chi connectivity index (χ2v) is 8.27. The summed E-state index contributed by atoms with van der Waals surface area (Å²) in [5.41, 5.74) is 0. The minimum Gasteiger partial charge on any atom is -0.481 e. The fraction of sp³-hybridized carbons (Fsp3) is 0.944. The van der Waals surface area contributed by atoms with Gasteiger partial charge in [-0.25, -0.2) is 0 Å². The Morgan fingerprint density at radius 1 is 0.826 bits per heavy atom. The van der Waals surface area contributed by atoms with Gasteiger partial charge < -0.3 is 21.1 Å². The van der Waals surface area contributed by atoms with E-state index in [1.807, 2.05) is 0 Å². The first-order valence-corrected chi connectivity index (χ1v) is 9.48. The van der Waals surface area contributed by atoms with Crippen LogP contribution in [-0.2, 0) is 4.79 Å². The van der Waals surface area contributed by atoms with Crippen LogP contribution in [0.25, 0.3) is 0 Å². The van der Waals surface area contributed by atoms with Crippen molar-refractivity contribution in [3.63, 3.8) is 0 Å². The minimum atomic E-state index is -0.616. The van der Waals surface area contributed by atoms with Gasteiger partial charge in [0.2, 0.25) is 0 Å². The maximum Gasteiger partial charge on any atom is 0.306 e. The first-order valence-electron chi connectivity index (χ1n) is 9.48.